The molecular weight excluding hydrogens is 489 g/mol. The van der Waals surface area contributed by atoms with Gasteiger partial charge in [-0.2, -0.15) is 5.10 Å². The summed E-state index contributed by atoms with van der Waals surface area (Å²) in [6.07, 6.45) is 10.6. The van der Waals surface area contributed by atoms with E-state index < -0.39 is 23.9 Å². The highest BCUT2D eigenvalue weighted by molar-refractivity contribution is 6.62. The fourth-order valence-corrected chi connectivity index (χ4v) is 5.86. The molecule has 0 N–H and O–H groups in total. The summed E-state index contributed by atoms with van der Waals surface area (Å²) in [4.78, 5) is 14.9. The molecule has 3 aromatic rings. The number of likely N-dealkylation sites (tertiary alicyclic amines) is 1. The third kappa shape index (κ3) is 4.25. The topological polar surface area (TPSA) is 65.8 Å². The van der Waals surface area contributed by atoms with E-state index in [4.69, 9.17) is 20.5 Å². The van der Waals surface area contributed by atoms with Gasteiger partial charge in [0.1, 0.15) is 12.1 Å². The minimum absolute atomic E-state index is 0.0356. The summed E-state index contributed by atoms with van der Waals surface area (Å²) in [5.41, 5.74) is 4.18. The zero-order valence-electron chi connectivity index (χ0n) is 23.0. The smallest absolute Gasteiger partial charge is 0.448 e. The van der Waals surface area contributed by atoms with Gasteiger partial charge in [0.2, 0.25) is 0 Å². The maximum atomic E-state index is 13.1. The molecule has 3 aliphatic rings. The molecule has 1 amide bonds. The number of benzene rings is 2. The van der Waals surface area contributed by atoms with Crippen molar-refractivity contribution in [1.82, 2.24) is 14.7 Å². The predicted octanol–water partition coefficient (Wildman–Crippen LogP) is 4.56. The van der Waals surface area contributed by atoms with Crippen LogP contribution in [0.4, 0.5) is 4.79 Å². The molecule has 0 bridgehead atoms. The van der Waals surface area contributed by atoms with E-state index in [1.165, 1.54) is 22.3 Å². The Labute approximate surface area is 230 Å². The Kier molecular flexibility index (Phi) is 6.13. The Bertz CT molecular complexity index is 1390. The first kappa shape index (κ1) is 25.7. The first-order valence-electron chi connectivity index (χ1n) is 13.6. The average molecular weight is 523 g/mol. The van der Waals surface area contributed by atoms with Gasteiger partial charge < -0.3 is 18.9 Å². The summed E-state index contributed by atoms with van der Waals surface area (Å²) in [6.45, 7) is 9.40. The van der Waals surface area contributed by atoms with Crippen LogP contribution in [-0.2, 0) is 19.6 Å². The minimum atomic E-state index is -0.623. The molecule has 0 unspecified atom stereocenters. The number of hydrogen-bond acceptors (Lipinski definition) is 5. The highest BCUT2D eigenvalue weighted by atomic mass is 16.7. The largest absolute Gasteiger partial charge is 0.498 e. The number of amides is 1. The van der Waals surface area contributed by atoms with Crippen molar-refractivity contribution in [3.63, 3.8) is 0 Å². The van der Waals surface area contributed by atoms with Gasteiger partial charge in [0.05, 0.1) is 11.2 Å². The molecule has 2 aromatic carbocycles. The number of ether oxygens (including phenoxy) is 1. The van der Waals surface area contributed by atoms with Gasteiger partial charge in [-0.1, -0.05) is 54.5 Å². The standard InChI is InChI=1S/C31H34BN3O4/c1-6-31(35-20-22(19-33-35)32-38-29(2,3)30(4,5)39-32)15-17-34(18-16-31)28(36)37-21-27-25-13-9-7-11-23(25)24-12-8-10-14-26(24)27/h1,7-14,19-20,27H,15-18,21H2,2-5H3. The van der Waals surface area contributed by atoms with Crippen molar-refractivity contribution < 1.29 is 18.8 Å². The lowest BCUT2D eigenvalue weighted by molar-refractivity contribution is 0.00578. The molecule has 1 aliphatic carbocycles. The zero-order valence-corrected chi connectivity index (χ0v) is 23.0. The number of terminal acetylenes is 1. The molecule has 200 valence electrons. The molecule has 2 saturated heterocycles. The Balaban J connectivity index is 1.10. The Morgan fingerprint density at radius 2 is 1.59 bits per heavy atom. The summed E-state index contributed by atoms with van der Waals surface area (Å²) in [5.74, 6) is 3.00. The first-order chi connectivity index (χ1) is 18.6. The van der Waals surface area contributed by atoms with Crippen molar-refractivity contribution in [2.24, 2.45) is 0 Å². The van der Waals surface area contributed by atoms with Crippen molar-refractivity contribution in [3.05, 3.63) is 72.1 Å². The number of carbonyl (C=O) groups is 1. The fourth-order valence-electron chi connectivity index (χ4n) is 5.86. The van der Waals surface area contributed by atoms with E-state index in [0.717, 1.165) is 5.46 Å². The van der Waals surface area contributed by atoms with Crippen LogP contribution in [0.25, 0.3) is 11.1 Å². The van der Waals surface area contributed by atoms with E-state index in [2.05, 4.69) is 35.3 Å². The van der Waals surface area contributed by atoms with Gasteiger partial charge in [-0.15, -0.1) is 6.42 Å². The van der Waals surface area contributed by atoms with Crippen LogP contribution in [0.15, 0.2) is 60.9 Å². The molecule has 7 nitrogen and oxygen atoms in total. The van der Waals surface area contributed by atoms with E-state index in [1.807, 2.05) is 62.8 Å². The van der Waals surface area contributed by atoms with Crippen molar-refractivity contribution >= 4 is 18.7 Å². The molecular formula is C31H34BN3O4. The summed E-state index contributed by atoms with van der Waals surface area (Å²) in [7, 11) is -0.500. The number of piperidine rings is 1. The lowest BCUT2D eigenvalue weighted by Crippen LogP contribution is -2.48. The first-order valence-corrected chi connectivity index (χ1v) is 13.6. The molecule has 3 heterocycles. The average Bonchev–Trinajstić information content (AvgIpc) is 3.61. The molecule has 39 heavy (non-hydrogen) atoms. The monoisotopic (exact) mass is 523 g/mol. The Hall–Kier alpha value is -3.54. The third-order valence-electron chi connectivity index (χ3n) is 9.02. The molecule has 1 aromatic heterocycles. The van der Waals surface area contributed by atoms with Crippen LogP contribution in [0, 0.1) is 12.3 Å². The number of fused-ring (bicyclic) bond motifs is 3. The molecule has 2 aliphatic heterocycles. The van der Waals surface area contributed by atoms with Gasteiger partial charge in [0, 0.05) is 49.7 Å². The van der Waals surface area contributed by atoms with Gasteiger partial charge in [-0.3, -0.25) is 4.68 Å². The van der Waals surface area contributed by atoms with E-state index in [0.29, 0.717) is 32.5 Å². The predicted molar refractivity (Wildman–Crippen MR) is 151 cm³/mol. The number of nitrogens with zero attached hydrogens (tertiary/aromatic N) is 3. The van der Waals surface area contributed by atoms with Gasteiger partial charge >= 0.3 is 13.2 Å². The summed E-state index contributed by atoms with van der Waals surface area (Å²) in [5, 5.41) is 4.60. The SMILES string of the molecule is C#CC1(n2cc(B3OC(C)(C)C(C)(C)O3)cn2)CCN(C(=O)OCC2c3ccccc3-c3ccccc32)CC1. The number of hydrogen-bond donors (Lipinski definition) is 0. The zero-order chi connectivity index (χ0) is 27.4. The quantitative estimate of drug-likeness (QED) is 0.371. The van der Waals surface area contributed by atoms with E-state index in [9.17, 15) is 4.79 Å². The number of carbonyl (C=O) groups excluding carboxylic acids is 1. The molecule has 0 atom stereocenters. The molecule has 6 rings (SSSR count). The second-order valence-corrected chi connectivity index (χ2v) is 11.8. The van der Waals surface area contributed by atoms with Crippen LogP contribution in [0.5, 0.6) is 0 Å². The number of aromatic nitrogens is 2. The Morgan fingerprint density at radius 3 is 2.15 bits per heavy atom. The van der Waals surface area contributed by atoms with Crippen LogP contribution < -0.4 is 5.46 Å². The molecule has 0 saturated carbocycles. The maximum Gasteiger partial charge on any atom is 0.498 e. The number of rotatable bonds is 4. The van der Waals surface area contributed by atoms with Gasteiger partial charge in [0.15, 0.2) is 0 Å². The third-order valence-corrected chi connectivity index (χ3v) is 9.02. The van der Waals surface area contributed by atoms with Crippen LogP contribution in [0.3, 0.4) is 0 Å². The summed E-state index contributed by atoms with van der Waals surface area (Å²) >= 11 is 0. The van der Waals surface area contributed by atoms with Crippen molar-refractivity contribution in [1.29, 1.82) is 0 Å². The second kappa shape index (κ2) is 9.29. The summed E-state index contributed by atoms with van der Waals surface area (Å²) in [6, 6.07) is 16.7. The maximum absolute atomic E-state index is 13.1. The normalized spacial score (nSPS) is 20.8. The molecule has 2 fully saturated rings. The Morgan fingerprint density at radius 1 is 1.03 bits per heavy atom. The highest BCUT2D eigenvalue weighted by Gasteiger charge is 2.52. The van der Waals surface area contributed by atoms with Crippen molar-refractivity contribution in [2.45, 2.75) is 63.2 Å². The highest BCUT2D eigenvalue weighted by Crippen LogP contribution is 2.44. The van der Waals surface area contributed by atoms with Gasteiger partial charge in [-0.25, -0.2) is 4.79 Å². The van der Waals surface area contributed by atoms with E-state index in [-0.39, 0.29) is 12.0 Å². The van der Waals surface area contributed by atoms with E-state index >= 15 is 0 Å². The second-order valence-electron chi connectivity index (χ2n) is 11.8. The van der Waals surface area contributed by atoms with Crippen molar-refractivity contribution in [3.8, 4) is 23.5 Å². The summed E-state index contributed by atoms with van der Waals surface area (Å²) < 4.78 is 20.1. The van der Waals surface area contributed by atoms with Crippen molar-refractivity contribution in [2.75, 3.05) is 19.7 Å². The molecule has 0 radical (unpaired) electrons. The molecule has 0 spiro atoms. The minimum Gasteiger partial charge on any atom is -0.448 e. The molecule has 8 heteroatoms. The lowest BCUT2D eigenvalue weighted by Gasteiger charge is -2.38. The van der Waals surface area contributed by atoms with Gasteiger partial charge in [0.25, 0.3) is 0 Å². The fraction of sp³-hybridized carbons (Fsp3) is 0.419. The van der Waals surface area contributed by atoms with E-state index in [1.54, 1.807) is 11.1 Å². The van der Waals surface area contributed by atoms with Crippen LogP contribution in [0.2, 0.25) is 0 Å². The van der Waals surface area contributed by atoms with Crippen LogP contribution in [-0.4, -0.2) is 58.8 Å². The van der Waals surface area contributed by atoms with Crippen LogP contribution >= 0.6 is 0 Å². The lowest BCUT2D eigenvalue weighted by atomic mass is 9.81. The van der Waals surface area contributed by atoms with Gasteiger partial charge in [-0.05, 0) is 49.9 Å². The van der Waals surface area contributed by atoms with Crippen LogP contribution in [0.1, 0.15) is 57.6 Å².